The molecule has 0 radical (unpaired) electrons. The van der Waals surface area contributed by atoms with Crippen LogP contribution in [0.1, 0.15) is 37.2 Å². The molecule has 0 fully saturated rings. The van der Waals surface area contributed by atoms with Crippen LogP contribution < -0.4 is 5.32 Å². The predicted molar refractivity (Wildman–Crippen MR) is 61.7 cm³/mol. The second kappa shape index (κ2) is 6.98. The molecule has 2 nitrogen and oxygen atoms in total. The minimum Gasteiger partial charge on any atom is -0.388 e. The molecule has 2 N–H and O–H groups in total. The van der Waals surface area contributed by atoms with E-state index in [-0.39, 0.29) is 6.10 Å². The van der Waals surface area contributed by atoms with Crippen molar-refractivity contribution in [3.05, 3.63) is 22.4 Å². The highest BCUT2D eigenvalue weighted by atomic mass is 32.1. The maximum atomic E-state index is 9.74. The van der Waals surface area contributed by atoms with Crippen molar-refractivity contribution in [2.75, 3.05) is 13.1 Å². The van der Waals surface area contributed by atoms with E-state index in [0.29, 0.717) is 0 Å². The van der Waals surface area contributed by atoms with Crippen LogP contribution in [0.5, 0.6) is 0 Å². The molecule has 0 amide bonds. The van der Waals surface area contributed by atoms with Crippen molar-refractivity contribution in [1.82, 2.24) is 5.32 Å². The van der Waals surface area contributed by atoms with Gasteiger partial charge in [0.05, 0.1) is 6.10 Å². The summed E-state index contributed by atoms with van der Waals surface area (Å²) in [6.45, 7) is 4.15. The van der Waals surface area contributed by atoms with Gasteiger partial charge in [0, 0.05) is 4.88 Å². The molecule has 0 saturated carbocycles. The molecule has 0 aliphatic heterocycles. The summed E-state index contributed by atoms with van der Waals surface area (Å²) < 4.78 is 0. The third-order valence-electron chi connectivity index (χ3n) is 2.17. The first-order chi connectivity index (χ1) is 6.84. The summed E-state index contributed by atoms with van der Waals surface area (Å²) in [5, 5.41) is 15.1. The number of aliphatic hydroxyl groups excluding tert-OH is 1. The Morgan fingerprint density at radius 3 is 3.00 bits per heavy atom. The number of unbranched alkanes of at least 4 members (excludes halogenated alkanes) is 1. The zero-order valence-corrected chi connectivity index (χ0v) is 9.52. The topological polar surface area (TPSA) is 32.3 Å². The van der Waals surface area contributed by atoms with Gasteiger partial charge in [0.25, 0.3) is 0 Å². The molecule has 0 aromatic carbocycles. The number of hydrogen-bond donors (Lipinski definition) is 2. The molecular weight excluding hydrogens is 194 g/mol. The van der Waals surface area contributed by atoms with Crippen LogP contribution in [-0.4, -0.2) is 18.2 Å². The fraction of sp³-hybridized carbons (Fsp3) is 0.636. The molecule has 0 unspecified atom stereocenters. The van der Waals surface area contributed by atoms with Crippen molar-refractivity contribution in [3.8, 4) is 0 Å². The molecule has 1 aromatic heterocycles. The van der Waals surface area contributed by atoms with Crippen molar-refractivity contribution in [2.45, 2.75) is 32.3 Å². The highest BCUT2D eigenvalue weighted by Gasteiger charge is 2.06. The molecule has 80 valence electrons. The van der Waals surface area contributed by atoms with Gasteiger partial charge in [-0.25, -0.2) is 0 Å². The van der Waals surface area contributed by atoms with Crippen LogP contribution in [0.2, 0.25) is 0 Å². The molecule has 3 heteroatoms. The van der Waals surface area contributed by atoms with E-state index in [1.54, 1.807) is 11.3 Å². The fourth-order valence-electron chi connectivity index (χ4n) is 1.29. The normalized spacial score (nSPS) is 13.0. The minimum atomic E-state index is -0.288. The van der Waals surface area contributed by atoms with Gasteiger partial charge in [-0.05, 0) is 37.4 Å². The summed E-state index contributed by atoms with van der Waals surface area (Å²) in [5.74, 6) is 0. The summed E-state index contributed by atoms with van der Waals surface area (Å²) in [7, 11) is 0. The van der Waals surface area contributed by atoms with Crippen LogP contribution in [0.4, 0.5) is 0 Å². The molecule has 0 bridgehead atoms. The van der Waals surface area contributed by atoms with E-state index >= 15 is 0 Å². The van der Waals surface area contributed by atoms with E-state index in [0.717, 1.165) is 24.4 Å². The van der Waals surface area contributed by atoms with E-state index in [9.17, 15) is 5.11 Å². The monoisotopic (exact) mass is 213 g/mol. The van der Waals surface area contributed by atoms with E-state index in [2.05, 4.69) is 12.2 Å². The Balaban J connectivity index is 2.07. The smallest absolute Gasteiger partial charge is 0.0894 e. The lowest BCUT2D eigenvalue weighted by molar-refractivity contribution is 0.170. The first-order valence-electron chi connectivity index (χ1n) is 5.26. The average Bonchev–Trinajstić information content (AvgIpc) is 2.70. The average molecular weight is 213 g/mol. The molecule has 1 aromatic rings. The number of aliphatic hydroxyl groups is 1. The Morgan fingerprint density at radius 2 is 2.36 bits per heavy atom. The Kier molecular flexibility index (Phi) is 5.83. The van der Waals surface area contributed by atoms with Gasteiger partial charge in [-0.3, -0.25) is 0 Å². The highest BCUT2D eigenvalue weighted by Crippen LogP contribution is 2.20. The first kappa shape index (κ1) is 11.7. The van der Waals surface area contributed by atoms with Gasteiger partial charge in [-0.2, -0.15) is 0 Å². The maximum absolute atomic E-state index is 9.74. The summed E-state index contributed by atoms with van der Waals surface area (Å²) in [5.41, 5.74) is 0. The van der Waals surface area contributed by atoms with Crippen molar-refractivity contribution in [3.63, 3.8) is 0 Å². The van der Waals surface area contributed by atoms with Crippen LogP contribution in [0, 0.1) is 0 Å². The molecule has 1 atom stereocenters. The van der Waals surface area contributed by atoms with Crippen LogP contribution in [0.25, 0.3) is 0 Å². The molecule has 14 heavy (non-hydrogen) atoms. The lowest BCUT2D eigenvalue weighted by Crippen LogP contribution is -2.18. The SMILES string of the molecule is CCCCNCC[C@H](O)c1cccs1. The molecule has 1 heterocycles. The van der Waals surface area contributed by atoms with Crippen molar-refractivity contribution < 1.29 is 5.11 Å². The summed E-state index contributed by atoms with van der Waals surface area (Å²) in [4.78, 5) is 1.07. The van der Waals surface area contributed by atoms with Crippen molar-refractivity contribution in [1.29, 1.82) is 0 Å². The summed E-state index contributed by atoms with van der Waals surface area (Å²) >= 11 is 1.62. The maximum Gasteiger partial charge on any atom is 0.0894 e. The zero-order chi connectivity index (χ0) is 10.2. The third-order valence-corrected chi connectivity index (χ3v) is 3.15. The van der Waals surface area contributed by atoms with Crippen LogP contribution in [0.3, 0.4) is 0 Å². The van der Waals surface area contributed by atoms with E-state index in [4.69, 9.17) is 0 Å². The van der Waals surface area contributed by atoms with Crippen LogP contribution in [-0.2, 0) is 0 Å². The molecule has 0 spiro atoms. The summed E-state index contributed by atoms with van der Waals surface area (Å²) in [6.07, 6.45) is 2.96. The molecule has 0 aliphatic rings. The number of hydrogen-bond acceptors (Lipinski definition) is 3. The molecule has 0 aliphatic carbocycles. The molecular formula is C11H19NOS. The zero-order valence-electron chi connectivity index (χ0n) is 8.70. The highest BCUT2D eigenvalue weighted by molar-refractivity contribution is 7.10. The van der Waals surface area contributed by atoms with Gasteiger partial charge < -0.3 is 10.4 Å². The largest absolute Gasteiger partial charge is 0.388 e. The Labute approximate surface area is 90.0 Å². The van der Waals surface area contributed by atoms with Crippen LogP contribution >= 0.6 is 11.3 Å². The lowest BCUT2D eigenvalue weighted by Gasteiger charge is -2.08. The standard InChI is InChI=1S/C11H19NOS/c1-2-3-7-12-8-6-10(13)11-5-4-9-14-11/h4-5,9-10,12-13H,2-3,6-8H2,1H3/t10-/m0/s1. The number of rotatable bonds is 7. The van der Waals surface area contributed by atoms with Gasteiger partial charge in [-0.15, -0.1) is 11.3 Å². The van der Waals surface area contributed by atoms with E-state index < -0.39 is 0 Å². The molecule has 1 rings (SSSR count). The Bertz CT molecular complexity index is 223. The van der Waals surface area contributed by atoms with Gasteiger partial charge in [-0.1, -0.05) is 19.4 Å². The summed E-state index contributed by atoms with van der Waals surface area (Å²) in [6, 6.07) is 3.97. The van der Waals surface area contributed by atoms with E-state index in [1.165, 1.54) is 12.8 Å². The van der Waals surface area contributed by atoms with Gasteiger partial charge in [0.15, 0.2) is 0 Å². The molecule has 0 saturated heterocycles. The van der Waals surface area contributed by atoms with E-state index in [1.807, 2.05) is 17.5 Å². The van der Waals surface area contributed by atoms with Gasteiger partial charge >= 0.3 is 0 Å². The predicted octanol–water partition coefficient (Wildman–Crippen LogP) is 2.56. The van der Waals surface area contributed by atoms with Crippen molar-refractivity contribution in [2.24, 2.45) is 0 Å². The lowest BCUT2D eigenvalue weighted by atomic mass is 10.2. The Morgan fingerprint density at radius 1 is 1.50 bits per heavy atom. The van der Waals surface area contributed by atoms with Gasteiger partial charge in [0.2, 0.25) is 0 Å². The second-order valence-corrected chi connectivity index (χ2v) is 4.40. The quantitative estimate of drug-likeness (QED) is 0.682. The van der Waals surface area contributed by atoms with Crippen LogP contribution in [0.15, 0.2) is 17.5 Å². The first-order valence-corrected chi connectivity index (χ1v) is 6.14. The third kappa shape index (κ3) is 4.22. The van der Waals surface area contributed by atoms with Gasteiger partial charge in [0.1, 0.15) is 0 Å². The number of thiophene rings is 1. The Hall–Kier alpha value is -0.380. The fourth-order valence-corrected chi connectivity index (χ4v) is 2.04. The number of nitrogens with one attached hydrogen (secondary N) is 1. The van der Waals surface area contributed by atoms with Crippen molar-refractivity contribution >= 4 is 11.3 Å². The second-order valence-electron chi connectivity index (χ2n) is 3.42. The minimum absolute atomic E-state index is 0.288.